The number of amidine groups is 1. The van der Waals surface area contributed by atoms with E-state index >= 15 is 0 Å². The minimum absolute atomic E-state index is 0.375. The fourth-order valence-corrected chi connectivity index (χ4v) is 5.35. The number of fused-ring (bicyclic) bond motifs is 1. The van der Waals surface area contributed by atoms with Crippen molar-refractivity contribution in [2.45, 2.75) is 32.7 Å². The molecule has 0 atom stereocenters. The van der Waals surface area contributed by atoms with E-state index in [1.54, 1.807) is 0 Å². The molecule has 216 valence electrons. The summed E-state index contributed by atoms with van der Waals surface area (Å²) >= 11 is 0. The van der Waals surface area contributed by atoms with Gasteiger partial charge in [0.25, 0.3) is 0 Å². The fourth-order valence-electron chi connectivity index (χ4n) is 5.35. The van der Waals surface area contributed by atoms with Crippen LogP contribution < -0.4 is 16.5 Å². The summed E-state index contributed by atoms with van der Waals surface area (Å²) in [6.07, 6.45) is 6.95. The molecule has 0 saturated heterocycles. The van der Waals surface area contributed by atoms with Crippen molar-refractivity contribution >= 4 is 35.0 Å². The summed E-state index contributed by atoms with van der Waals surface area (Å²) in [7, 11) is 1.41. The molecule has 3 N–H and O–H groups in total. The summed E-state index contributed by atoms with van der Waals surface area (Å²) < 4.78 is 7.42. The molecule has 2 heterocycles. The van der Waals surface area contributed by atoms with Gasteiger partial charge >= 0.3 is 5.97 Å². The number of esters is 1. The Labute approximate surface area is 251 Å². The smallest absolute Gasteiger partial charge is 0.338 e. The molecule has 0 aliphatic carbocycles. The van der Waals surface area contributed by atoms with Gasteiger partial charge in [-0.2, -0.15) is 0 Å². The van der Waals surface area contributed by atoms with E-state index < -0.39 is 0 Å². The lowest BCUT2D eigenvalue weighted by Crippen LogP contribution is -2.35. The molecule has 0 spiro atoms. The predicted octanol–water partition coefficient (Wildman–Crippen LogP) is 6.33. The fraction of sp³-hybridized carbons (Fsp3) is 0.171. The zero-order valence-corrected chi connectivity index (χ0v) is 24.3. The van der Waals surface area contributed by atoms with Crippen LogP contribution in [0, 0.1) is 0 Å². The normalized spacial score (nSPS) is 12.7. The number of methoxy groups -OCH3 is 1. The van der Waals surface area contributed by atoms with E-state index in [1.807, 2.05) is 66.7 Å². The van der Waals surface area contributed by atoms with Crippen LogP contribution in [-0.2, 0) is 17.7 Å². The van der Waals surface area contributed by atoms with Gasteiger partial charge in [0.05, 0.1) is 23.7 Å². The number of carbonyl (C=O) groups excluding carboxylic acids is 1. The average Bonchev–Trinajstić information content (AvgIpc) is 3.71. The van der Waals surface area contributed by atoms with Gasteiger partial charge in [0.15, 0.2) is 5.84 Å². The molecule has 0 radical (unpaired) electrons. The Morgan fingerprint density at radius 3 is 2.42 bits per heavy atom. The molecule has 6 rings (SSSR count). The Morgan fingerprint density at radius 2 is 1.70 bits per heavy atom. The number of hydrogen-bond donors (Lipinski definition) is 3. The number of nitrogens with one attached hydrogen (secondary N) is 3. The Hall–Kier alpha value is -5.21. The van der Waals surface area contributed by atoms with Gasteiger partial charge in [-0.15, -0.1) is 10.6 Å². The van der Waals surface area contributed by atoms with Gasteiger partial charge in [-0.25, -0.2) is 15.3 Å². The highest BCUT2D eigenvalue weighted by molar-refractivity contribution is 6.04. The van der Waals surface area contributed by atoms with E-state index in [1.165, 1.54) is 7.11 Å². The number of carbonyl (C=O) groups is 1. The van der Waals surface area contributed by atoms with Crippen molar-refractivity contribution in [3.8, 4) is 11.1 Å². The van der Waals surface area contributed by atoms with Crippen LogP contribution in [-0.4, -0.2) is 28.5 Å². The Balaban J connectivity index is 1.37. The lowest BCUT2D eigenvalue weighted by atomic mass is 9.98. The number of hydrazine groups is 2. The van der Waals surface area contributed by atoms with Gasteiger partial charge in [0.1, 0.15) is 5.82 Å². The average molecular weight is 571 g/mol. The highest BCUT2D eigenvalue weighted by Gasteiger charge is 2.18. The number of aromatic nitrogens is 2. The van der Waals surface area contributed by atoms with Gasteiger partial charge in [0, 0.05) is 18.5 Å². The van der Waals surface area contributed by atoms with Crippen molar-refractivity contribution in [1.82, 2.24) is 26.0 Å². The van der Waals surface area contributed by atoms with Crippen molar-refractivity contribution in [2.24, 2.45) is 5.10 Å². The van der Waals surface area contributed by atoms with Crippen molar-refractivity contribution < 1.29 is 9.53 Å². The van der Waals surface area contributed by atoms with E-state index in [2.05, 4.69) is 69.5 Å². The van der Waals surface area contributed by atoms with Crippen LogP contribution in [0.5, 0.6) is 0 Å². The van der Waals surface area contributed by atoms with E-state index in [-0.39, 0.29) is 5.97 Å². The third-order valence-electron chi connectivity index (χ3n) is 7.61. The standard InChI is InChI=1S/C35H34N6O2/c1-3-4-14-33-36-31-22-30(35(42)43-2)27(20-15-24-10-6-5-7-11-24)21-32(31)41(33)23-25-16-18-26(19-17-25)28-12-8-9-13-29(28)34-37-39-40-38-34/h5-13,15-22,39-40H,3-4,14,23H2,1-2H3,(H,37,38)/b20-15+. The molecule has 1 aromatic heterocycles. The number of nitrogens with zero attached hydrogens (tertiary/aromatic N) is 3. The van der Waals surface area contributed by atoms with Crippen molar-refractivity contribution in [3.63, 3.8) is 0 Å². The third-order valence-corrected chi connectivity index (χ3v) is 7.61. The molecule has 5 aromatic rings. The number of rotatable bonds is 10. The first-order valence-electron chi connectivity index (χ1n) is 14.5. The first kappa shape index (κ1) is 27.9. The van der Waals surface area contributed by atoms with E-state index in [0.29, 0.717) is 12.1 Å². The molecule has 0 fully saturated rings. The Kier molecular flexibility index (Phi) is 8.28. The third kappa shape index (κ3) is 6.05. The maximum atomic E-state index is 12.8. The van der Waals surface area contributed by atoms with Crippen LogP contribution in [0.25, 0.3) is 34.3 Å². The largest absolute Gasteiger partial charge is 0.465 e. The lowest BCUT2D eigenvalue weighted by Gasteiger charge is -2.13. The topological polar surface area (TPSA) is 92.6 Å². The molecule has 8 heteroatoms. The van der Waals surface area contributed by atoms with Gasteiger partial charge in [-0.3, -0.25) is 5.43 Å². The molecule has 0 saturated carbocycles. The second-order valence-electron chi connectivity index (χ2n) is 10.4. The van der Waals surface area contributed by atoms with Gasteiger partial charge < -0.3 is 9.30 Å². The molecule has 0 unspecified atom stereocenters. The van der Waals surface area contributed by atoms with Crippen molar-refractivity contribution in [3.05, 3.63) is 125 Å². The zero-order chi connectivity index (χ0) is 29.6. The van der Waals surface area contributed by atoms with Crippen LogP contribution >= 0.6 is 0 Å². The van der Waals surface area contributed by atoms with Crippen molar-refractivity contribution in [1.29, 1.82) is 0 Å². The minimum Gasteiger partial charge on any atom is -0.465 e. The predicted molar refractivity (Wildman–Crippen MR) is 172 cm³/mol. The van der Waals surface area contributed by atoms with Gasteiger partial charge in [-0.1, -0.05) is 104 Å². The summed E-state index contributed by atoms with van der Waals surface area (Å²) in [6, 6.07) is 30.8. The van der Waals surface area contributed by atoms with Crippen molar-refractivity contribution in [2.75, 3.05) is 7.11 Å². The maximum absolute atomic E-state index is 12.8. The maximum Gasteiger partial charge on any atom is 0.338 e. The van der Waals surface area contributed by atoms with Gasteiger partial charge in [0.2, 0.25) is 0 Å². The molecule has 0 amide bonds. The molecule has 8 nitrogen and oxygen atoms in total. The summed E-state index contributed by atoms with van der Waals surface area (Å²) in [4.78, 5) is 17.8. The highest BCUT2D eigenvalue weighted by Crippen LogP contribution is 2.28. The highest BCUT2D eigenvalue weighted by atomic mass is 16.5. The number of benzene rings is 4. The summed E-state index contributed by atoms with van der Waals surface area (Å²) in [5.41, 5.74) is 17.1. The SMILES string of the molecule is CCCCc1nc2cc(C(=O)OC)c(/C=C/c3ccccc3)cc2n1Cc1ccc(-c2ccccc2C2=NNNN2)cc1. The number of hydrazone groups is 1. The van der Waals surface area contributed by atoms with Crippen LogP contribution in [0.15, 0.2) is 96.1 Å². The monoisotopic (exact) mass is 570 g/mol. The molecular formula is C35H34N6O2. The first-order chi connectivity index (χ1) is 21.1. The second-order valence-corrected chi connectivity index (χ2v) is 10.4. The summed E-state index contributed by atoms with van der Waals surface area (Å²) in [5, 5.41) is 4.28. The first-order valence-corrected chi connectivity index (χ1v) is 14.5. The summed E-state index contributed by atoms with van der Waals surface area (Å²) in [6.45, 7) is 2.85. The number of imidazole rings is 1. The van der Waals surface area contributed by atoms with Crippen LogP contribution in [0.4, 0.5) is 0 Å². The van der Waals surface area contributed by atoms with E-state index in [4.69, 9.17) is 9.72 Å². The van der Waals surface area contributed by atoms with Crippen LogP contribution in [0.1, 0.15) is 58.2 Å². The van der Waals surface area contributed by atoms with E-state index in [0.717, 1.165) is 75.3 Å². The van der Waals surface area contributed by atoms with Gasteiger partial charge in [-0.05, 0) is 46.4 Å². The van der Waals surface area contributed by atoms with Crippen LogP contribution in [0.3, 0.4) is 0 Å². The number of ether oxygens (including phenoxy) is 1. The molecule has 43 heavy (non-hydrogen) atoms. The molecule has 4 aromatic carbocycles. The lowest BCUT2D eigenvalue weighted by molar-refractivity contribution is 0.0600. The molecule has 1 aliphatic heterocycles. The Bertz CT molecular complexity index is 1810. The number of unbranched alkanes of at least 4 members (excludes halogenated alkanes) is 1. The molecular weight excluding hydrogens is 536 g/mol. The second kappa shape index (κ2) is 12.8. The zero-order valence-electron chi connectivity index (χ0n) is 24.3. The molecule has 0 bridgehead atoms. The van der Waals surface area contributed by atoms with Crippen LogP contribution in [0.2, 0.25) is 0 Å². The Morgan fingerprint density at radius 1 is 0.930 bits per heavy atom. The number of aryl methyl sites for hydroxylation is 1. The summed E-state index contributed by atoms with van der Waals surface area (Å²) in [5.74, 6) is 1.38. The quantitative estimate of drug-likeness (QED) is 0.134. The van der Waals surface area contributed by atoms with E-state index in [9.17, 15) is 4.79 Å². The molecule has 1 aliphatic rings. The number of hydrogen-bond acceptors (Lipinski definition) is 7. The minimum atomic E-state index is -0.375.